The third kappa shape index (κ3) is 27.4. The molecule has 0 aliphatic carbocycles. The van der Waals surface area contributed by atoms with Crippen molar-refractivity contribution in [1.29, 1.82) is 0 Å². The number of carbonyl (C=O) groups excluding carboxylic acids is 5. The van der Waals surface area contributed by atoms with E-state index in [1.807, 2.05) is 60.7 Å². The molecule has 2 unspecified atom stereocenters. The number of likely N-dealkylation sites (tertiary alicyclic amines) is 1. The molecular formula is C40H70N8O5. The fourth-order valence-corrected chi connectivity index (χ4v) is 4.90. The van der Waals surface area contributed by atoms with Crippen LogP contribution in [0.2, 0.25) is 0 Å². The van der Waals surface area contributed by atoms with Crippen LogP contribution in [0.15, 0.2) is 60.7 Å². The van der Waals surface area contributed by atoms with Crippen LogP contribution >= 0.6 is 0 Å². The van der Waals surface area contributed by atoms with Crippen LogP contribution in [0.5, 0.6) is 0 Å². The summed E-state index contributed by atoms with van der Waals surface area (Å²) in [6, 6.07) is 19.1. The van der Waals surface area contributed by atoms with Gasteiger partial charge in [0, 0.05) is 19.6 Å². The minimum atomic E-state index is -0.364. The van der Waals surface area contributed by atoms with Crippen LogP contribution in [0.1, 0.15) is 64.0 Å². The fraction of sp³-hybridized carbons (Fsp3) is 0.575. The second-order valence-corrected chi connectivity index (χ2v) is 13.3. The van der Waals surface area contributed by atoms with Gasteiger partial charge in [0.05, 0.1) is 30.2 Å². The Bertz CT molecular complexity index is 1180. The number of nitrogens with one attached hydrogen (secondary N) is 4. The molecule has 1 aliphatic rings. The molecule has 2 amide bonds. The van der Waals surface area contributed by atoms with Gasteiger partial charge in [0.25, 0.3) is 0 Å². The molecule has 3 atom stereocenters. The number of rotatable bonds is 18. The average molecular weight is 743 g/mol. The van der Waals surface area contributed by atoms with Crippen LogP contribution in [0.4, 0.5) is 0 Å². The fourth-order valence-electron chi connectivity index (χ4n) is 4.90. The first-order valence-electron chi connectivity index (χ1n) is 18.5. The maximum atomic E-state index is 11.3. The molecule has 0 radical (unpaired) electrons. The second kappa shape index (κ2) is 34.0. The van der Waals surface area contributed by atoms with E-state index in [1.165, 1.54) is 18.4 Å². The van der Waals surface area contributed by atoms with Gasteiger partial charge in [-0.25, -0.2) is 0 Å². The highest BCUT2D eigenvalue weighted by molar-refractivity contribution is 5.83. The number of carbonyl (C=O) groups is 5. The summed E-state index contributed by atoms with van der Waals surface area (Å²) in [5.74, 6) is 0.350. The monoisotopic (exact) mass is 743 g/mol. The minimum absolute atomic E-state index is 0.0626. The maximum absolute atomic E-state index is 11.3. The van der Waals surface area contributed by atoms with E-state index in [2.05, 4.69) is 54.0 Å². The smallest absolute Gasteiger partial charge is 0.237 e. The van der Waals surface area contributed by atoms with Crippen LogP contribution in [-0.2, 0) is 36.8 Å². The van der Waals surface area contributed by atoms with Gasteiger partial charge in [0.2, 0.25) is 12.3 Å². The van der Waals surface area contributed by atoms with E-state index in [9.17, 15) is 24.0 Å². The molecule has 13 heteroatoms. The third-order valence-corrected chi connectivity index (χ3v) is 8.31. The van der Waals surface area contributed by atoms with E-state index in [1.54, 1.807) is 14.1 Å². The normalized spacial score (nSPS) is 14.6. The summed E-state index contributed by atoms with van der Waals surface area (Å²) in [5, 5.41) is 11.2. The molecule has 1 aliphatic heterocycles. The van der Waals surface area contributed by atoms with Crippen molar-refractivity contribution in [2.75, 3.05) is 53.9 Å². The number of piperidine rings is 1. The molecule has 10 N–H and O–H groups in total. The number of nitrogens with two attached hydrogens (primary N) is 3. The zero-order valence-electron chi connectivity index (χ0n) is 33.1. The average Bonchev–Trinajstić information content (AvgIpc) is 3.18. The summed E-state index contributed by atoms with van der Waals surface area (Å²) in [6.45, 7) is 9.74. The molecule has 0 spiro atoms. The predicted molar refractivity (Wildman–Crippen MR) is 216 cm³/mol. The standard InChI is InChI=1S/C10H13NO.C9H18N2O2.C9H11NO.C8H17N3O.C4H11N/c1-11-10(8-12)7-9-5-3-2-4-6-9;1-7(2)6-8(10-3)9(13)11-4-5-12;10-9(7-11)6-8-4-2-1-3-5-8;1-11-4-2-8(6-9,3-5-11)10-7-12;1-2-3-4-5/h2-6,8,10-11H,7H2,1H3;5,7-8,10H,4,6H2,1-3H3,(H,11,13);1-5,7,9H,6,10H2;7H,2-6,9H2,1H3,(H,10,12);2-5H2,1H3/t10-;;;;/m1..../s1. The summed E-state index contributed by atoms with van der Waals surface area (Å²) in [6.07, 6.45) is 9.62. The highest BCUT2D eigenvalue weighted by atomic mass is 16.2. The largest absolute Gasteiger partial charge is 0.352 e. The summed E-state index contributed by atoms with van der Waals surface area (Å²) >= 11 is 0. The van der Waals surface area contributed by atoms with Crippen LogP contribution in [0.3, 0.4) is 0 Å². The summed E-state index contributed by atoms with van der Waals surface area (Å²) in [7, 11) is 5.62. The van der Waals surface area contributed by atoms with Crippen molar-refractivity contribution < 1.29 is 24.0 Å². The Kier molecular flexibility index (Phi) is 32.8. The predicted octanol–water partition coefficient (Wildman–Crippen LogP) is 1.61. The number of unbranched alkanes of at least 4 members (excludes halogenated alkanes) is 1. The molecule has 0 saturated carbocycles. The van der Waals surface area contributed by atoms with E-state index in [0.717, 1.165) is 69.9 Å². The van der Waals surface area contributed by atoms with E-state index in [0.29, 0.717) is 25.2 Å². The molecule has 53 heavy (non-hydrogen) atoms. The van der Waals surface area contributed by atoms with E-state index < -0.39 is 0 Å². The molecule has 1 heterocycles. The van der Waals surface area contributed by atoms with Gasteiger partial charge >= 0.3 is 0 Å². The van der Waals surface area contributed by atoms with Gasteiger partial charge in [-0.15, -0.1) is 0 Å². The molecule has 3 rings (SSSR count). The number of aldehydes is 3. The van der Waals surface area contributed by atoms with Gasteiger partial charge in [-0.3, -0.25) is 9.59 Å². The van der Waals surface area contributed by atoms with Gasteiger partial charge in [0.1, 0.15) is 18.9 Å². The highest BCUT2D eigenvalue weighted by Crippen LogP contribution is 2.19. The quantitative estimate of drug-likeness (QED) is 0.109. The molecule has 0 aromatic heterocycles. The molecule has 300 valence electrons. The molecule has 0 bridgehead atoms. The Morgan fingerprint density at radius 3 is 1.77 bits per heavy atom. The Hall–Kier alpha value is -3.85. The van der Waals surface area contributed by atoms with Crippen molar-refractivity contribution >= 4 is 31.2 Å². The van der Waals surface area contributed by atoms with Crippen molar-refractivity contribution in [3.8, 4) is 0 Å². The Morgan fingerprint density at radius 1 is 0.868 bits per heavy atom. The molecule has 1 fully saturated rings. The van der Waals surface area contributed by atoms with Crippen molar-refractivity contribution in [1.82, 2.24) is 26.2 Å². The number of nitrogens with zero attached hydrogens (tertiary/aromatic N) is 1. The minimum Gasteiger partial charge on any atom is -0.352 e. The zero-order chi connectivity index (χ0) is 40.3. The number of amides is 2. The Labute approximate surface area is 319 Å². The van der Waals surface area contributed by atoms with Crippen molar-refractivity contribution in [3.05, 3.63) is 71.8 Å². The first kappa shape index (κ1) is 51.3. The first-order valence-corrected chi connectivity index (χ1v) is 18.5. The lowest BCUT2D eigenvalue weighted by molar-refractivity contribution is -0.124. The van der Waals surface area contributed by atoms with Gasteiger partial charge in [-0.2, -0.15) is 0 Å². The van der Waals surface area contributed by atoms with E-state index >= 15 is 0 Å². The SMILES string of the molecule is CCCCN.CN1CCC(CN)(NC=O)CC1.CNC(CC(C)C)C(=O)NCC=O.CN[C@@H](C=O)Cc1ccccc1.NC(C=O)Cc1ccccc1. The summed E-state index contributed by atoms with van der Waals surface area (Å²) < 4.78 is 0. The highest BCUT2D eigenvalue weighted by Gasteiger charge is 2.31. The lowest BCUT2D eigenvalue weighted by atomic mass is 9.88. The van der Waals surface area contributed by atoms with Crippen LogP contribution in [0, 0.1) is 5.92 Å². The Balaban J connectivity index is 0. The maximum Gasteiger partial charge on any atom is 0.237 e. The van der Waals surface area contributed by atoms with Gasteiger partial charge in [-0.05, 0) is 83.3 Å². The van der Waals surface area contributed by atoms with Gasteiger partial charge in [-0.1, -0.05) is 87.9 Å². The van der Waals surface area contributed by atoms with Crippen molar-refractivity contribution in [3.63, 3.8) is 0 Å². The topological polar surface area (TPSA) is 215 Å². The lowest BCUT2D eigenvalue weighted by Crippen LogP contribution is -2.56. The number of benzene rings is 2. The van der Waals surface area contributed by atoms with Crippen LogP contribution in [-0.4, -0.2) is 114 Å². The van der Waals surface area contributed by atoms with Crippen molar-refractivity contribution in [2.24, 2.45) is 23.1 Å². The summed E-state index contributed by atoms with van der Waals surface area (Å²) in [4.78, 5) is 54.6. The molecule has 2 aromatic carbocycles. The molecule has 2 aromatic rings. The van der Waals surface area contributed by atoms with Crippen LogP contribution < -0.4 is 38.5 Å². The number of hydrogen-bond acceptors (Lipinski definition) is 11. The lowest BCUT2D eigenvalue weighted by Gasteiger charge is -2.39. The van der Waals surface area contributed by atoms with E-state index in [4.69, 9.17) is 17.2 Å². The first-order chi connectivity index (χ1) is 25.4. The zero-order valence-corrected chi connectivity index (χ0v) is 33.1. The molecule has 1 saturated heterocycles. The second-order valence-electron chi connectivity index (χ2n) is 13.3. The Morgan fingerprint density at radius 2 is 1.42 bits per heavy atom. The summed E-state index contributed by atoms with van der Waals surface area (Å²) in [5.41, 5.74) is 18.4. The number of likely N-dealkylation sites (N-methyl/N-ethyl adjacent to an activating group) is 2. The number of hydrogen-bond donors (Lipinski definition) is 7. The molecular weight excluding hydrogens is 672 g/mol. The molecule has 13 nitrogen and oxygen atoms in total. The van der Waals surface area contributed by atoms with Gasteiger partial charge in [0.15, 0.2) is 0 Å². The van der Waals surface area contributed by atoms with Crippen LogP contribution in [0.25, 0.3) is 0 Å². The van der Waals surface area contributed by atoms with E-state index in [-0.39, 0.29) is 36.1 Å². The third-order valence-electron chi connectivity index (χ3n) is 8.31. The van der Waals surface area contributed by atoms with Crippen molar-refractivity contribution in [2.45, 2.75) is 89.4 Å². The van der Waals surface area contributed by atoms with Gasteiger partial charge < -0.3 is 57.8 Å².